The predicted octanol–water partition coefficient (Wildman–Crippen LogP) is 0.866. The summed E-state index contributed by atoms with van der Waals surface area (Å²) >= 11 is 0. The fourth-order valence-corrected chi connectivity index (χ4v) is 1.67. The van der Waals surface area contributed by atoms with Crippen molar-refractivity contribution in [1.29, 1.82) is 0 Å². The number of imide groups is 1. The molecule has 0 aliphatic carbocycles. The summed E-state index contributed by atoms with van der Waals surface area (Å²) in [6.07, 6.45) is 0.580. The molecule has 16 heavy (non-hydrogen) atoms. The second-order valence-corrected chi connectivity index (χ2v) is 4.87. The molecule has 1 heterocycles. The van der Waals surface area contributed by atoms with Crippen molar-refractivity contribution in [2.45, 2.75) is 52.2 Å². The van der Waals surface area contributed by atoms with E-state index in [9.17, 15) is 14.4 Å². The molecule has 1 fully saturated rings. The molecular formula is C11H17NO4. The average Bonchev–Trinajstić information content (AvgIpc) is 2.43. The summed E-state index contributed by atoms with van der Waals surface area (Å²) in [5, 5.41) is 0. The van der Waals surface area contributed by atoms with Crippen molar-refractivity contribution in [2.24, 2.45) is 0 Å². The molecule has 0 bridgehead atoms. The van der Waals surface area contributed by atoms with Gasteiger partial charge in [-0.15, -0.1) is 0 Å². The van der Waals surface area contributed by atoms with Gasteiger partial charge >= 0.3 is 5.97 Å². The summed E-state index contributed by atoms with van der Waals surface area (Å²) in [5.41, 5.74) is -0.606. The summed E-state index contributed by atoms with van der Waals surface area (Å²) < 4.78 is 5.17. The van der Waals surface area contributed by atoms with E-state index in [0.29, 0.717) is 6.42 Å². The third-order valence-electron chi connectivity index (χ3n) is 2.23. The first kappa shape index (κ1) is 12.7. The monoisotopic (exact) mass is 227 g/mol. The SMILES string of the molecule is CC(=O)N1C(=O)CC[C@H]1C(=O)OC(C)(C)C. The van der Waals surface area contributed by atoms with E-state index in [1.54, 1.807) is 20.8 Å². The van der Waals surface area contributed by atoms with Crippen molar-refractivity contribution in [3.8, 4) is 0 Å². The smallest absolute Gasteiger partial charge is 0.329 e. The van der Waals surface area contributed by atoms with E-state index in [2.05, 4.69) is 0 Å². The Morgan fingerprint density at radius 3 is 2.38 bits per heavy atom. The molecule has 5 heteroatoms. The highest BCUT2D eigenvalue weighted by atomic mass is 16.6. The number of hydrogen-bond donors (Lipinski definition) is 0. The van der Waals surface area contributed by atoms with E-state index in [0.717, 1.165) is 4.90 Å². The zero-order chi connectivity index (χ0) is 12.5. The normalized spacial score (nSPS) is 21.1. The van der Waals surface area contributed by atoms with Crippen molar-refractivity contribution in [1.82, 2.24) is 4.90 Å². The summed E-state index contributed by atoms with van der Waals surface area (Å²) in [4.78, 5) is 35.4. The second-order valence-electron chi connectivity index (χ2n) is 4.87. The van der Waals surface area contributed by atoms with E-state index in [1.165, 1.54) is 6.92 Å². The van der Waals surface area contributed by atoms with Crippen LogP contribution in [0, 0.1) is 0 Å². The maximum Gasteiger partial charge on any atom is 0.329 e. The maximum absolute atomic E-state index is 11.8. The van der Waals surface area contributed by atoms with Crippen molar-refractivity contribution in [2.75, 3.05) is 0 Å². The fraction of sp³-hybridized carbons (Fsp3) is 0.727. The Bertz CT molecular complexity index is 329. The van der Waals surface area contributed by atoms with Crippen molar-refractivity contribution >= 4 is 17.8 Å². The molecule has 0 unspecified atom stereocenters. The van der Waals surface area contributed by atoms with E-state index >= 15 is 0 Å². The van der Waals surface area contributed by atoms with Crippen LogP contribution in [0.5, 0.6) is 0 Å². The Morgan fingerprint density at radius 1 is 1.38 bits per heavy atom. The summed E-state index contributed by atoms with van der Waals surface area (Å²) in [6, 6.07) is -0.746. The molecule has 1 atom stereocenters. The lowest BCUT2D eigenvalue weighted by molar-refractivity contribution is -0.165. The third kappa shape index (κ3) is 2.81. The first-order chi connectivity index (χ1) is 7.22. The van der Waals surface area contributed by atoms with E-state index in [1.807, 2.05) is 0 Å². The number of hydrogen-bond acceptors (Lipinski definition) is 4. The molecule has 0 N–H and O–H groups in total. The van der Waals surface area contributed by atoms with Crippen LogP contribution in [-0.4, -0.2) is 34.3 Å². The molecule has 0 aromatic rings. The minimum absolute atomic E-state index is 0.226. The minimum Gasteiger partial charge on any atom is -0.458 e. The van der Waals surface area contributed by atoms with Gasteiger partial charge in [-0.1, -0.05) is 0 Å². The van der Waals surface area contributed by atoms with Crippen LogP contribution in [-0.2, 0) is 19.1 Å². The van der Waals surface area contributed by atoms with Crippen molar-refractivity contribution in [3.63, 3.8) is 0 Å². The Balaban J connectivity index is 2.77. The molecule has 1 saturated heterocycles. The molecule has 90 valence electrons. The lowest BCUT2D eigenvalue weighted by atomic mass is 10.1. The van der Waals surface area contributed by atoms with Gasteiger partial charge in [-0.2, -0.15) is 0 Å². The number of esters is 1. The van der Waals surface area contributed by atoms with Gasteiger partial charge in [0.15, 0.2) is 0 Å². The predicted molar refractivity (Wildman–Crippen MR) is 56.4 cm³/mol. The Hall–Kier alpha value is -1.39. The molecular weight excluding hydrogens is 210 g/mol. The highest BCUT2D eigenvalue weighted by Crippen LogP contribution is 2.22. The molecule has 0 radical (unpaired) electrons. The summed E-state index contributed by atoms with van der Waals surface area (Å²) in [5.74, 6) is -1.21. The Labute approximate surface area is 94.7 Å². The van der Waals surface area contributed by atoms with E-state index in [-0.39, 0.29) is 12.3 Å². The molecule has 0 spiro atoms. The van der Waals surface area contributed by atoms with Crippen LogP contribution in [0.2, 0.25) is 0 Å². The standard InChI is InChI=1S/C11H17NO4/c1-7(13)12-8(5-6-9(12)14)10(15)16-11(2,3)4/h8H,5-6H2,1-4H3/t8-/m0/s1. The van der Waals surface area contributed by atoms with E-state index in [4.69, 9.17) is 4.74 Å². The first-order valence-electron chi connectivity index (χ1n) is 5.28. The number of carbonyl (C=O) groups excluding carboxylic acids is 3. The maximum atomic E-state index is 11.8. The second kappa shape index (κ2) is 4.23. The van der Waals surface area contributed by atoms with Gasteiger partial charge in [0.1, 0.15) is 11.6 Å². The molecule has 1 aliphatic heterocycles. The van der Waals surface area contributed by atoms with Crippen LogP contribution in [0.1, 0.15) is 40.5 Å². The molecule has 0 aromatic carbocycles. The van der Waals surface area contributed by atoms with Gasteiger partial charge in [-0.25, -0.2) is 4.79 Å². The van der Waals surface area contributed by atoms with Crippen LogP contribution < -0.4 is 0 Å². The van der Waals surface area contributed by atoms with Gasteiger partial charge < -0.3 is 4.74 Å². The van der Waals surface area contributed by atoms with Crippen LogP contribution >= 0.6 is 0 Å². The zero-order valence-electron chi connectivity index (χ0n) is 10.1. The van der Waals surface area contributed by atoms with Crippen molar-refractivity contribution in [3.05, 3.63) is 0 Å². The largest absolute Gasteiger partial charge is 0.458 e. The van der Waals surface area contributed by atoms with Crippen LogP contribution in [0.25, 0.3) is 0 Å². The number of amides is 2. The zero-order valence-corrected chi connectivity index (χ0v) is 10.1. The fourth-order valence-electron chi connectivity index (χ4n) is 1.67. The van der Waals surface area contributed by atoms with Crippen LogP contribution in [0.15, 0.2) is 0 Å². The number of likely N-dealkylation sites (tertiary alicyclic amines) is 1. The number of rotatable bonds is 1. The van der Waals surface area contributed by atoms with E-state index < -0.39 is 23.5 Å². The van der Waals surface area contributed by atoms with Gasteiger partial charge in [-0.05, 0) is 27.2 Å². The molecule has 1 rings (SSSR count). The summed E-state index contributed by atoms with van der Waals surface area (Å²) in [6.45, 7) is 6.53. The number of carbonyl (C=O) groups is 3. The highest BCUT2D eigenvalue weighted by molar-refractivity contribution is 6.01. The molecule has 0 saturated carbocycles. The topological polar surface area (TPSA) is 63.7 Å². The quantitative estimate of drug-likeness (QED) is 0.623. The summed E-state index contributed by atoms with van der Waals surface area (Å²) in [7, 11) is 0. The lowest BCUT2D eigenvalue weighted by Gasteiger charge is -2.25. The van der Waals surface area contributed by atoms with Gasteiger partial charge in [-0.3, -0.25) is 14.5 Å². The molecule has 5 nitrogen and oxygen atoms in total. The Morgan fingerprint density at radius 2 is 1.94 bits per heavy atom. The number of nitrogens with zero attached hydrogens (tertiary/aromatic N) is 1. The highest BCUT2D eigenvalue weighted by Gasteiger charge is 2.40. The van der Waals surface area contributed by atoms with Gasteiger partial charge in [0.05, 0.1) is 0 Å². The minimum atomic E-state index is -0.746. The Kier molecular flexibility index (Phi) is 3.35. The van der Waals surface area contributed by atoms with Crippen LogP contribution in [0.4, 0.5) is 0 Å². The van der Waals surface area contributed by atoms with Crippen LogP contribution in [0.3, 0.4) is 0 Å². The third-order valence-corrected chi connectivity index (χ3v) is 2.23. The molecule has 0 aromatic heterocycles. The van der Waals surface area contributed by atoms with Gasteiger partial charge in [0, 0.05) is 13.3 Å². The van der Waals surface area contributed by atoms with Crippen molar-refractivity contribution < 1.29 is 19.1 Å². The molecule has 1 aliphatic rings. The average molecular weight is 227 g/mol. The first-order valence-corrected chi connectivity index (χ1v) is 5.28. The van der Waals surface area contributed by atoms with Gasteiger partial charge in [0.25, 0.3) is 0 Å². The van der Waals surface area contributed by atoms with Gasteiger partial charge in [0.2, 0.25) is 11.8 Å². The molecule has 2 amide bonds. The number of ether oxygens (including phenoxy) is 1. The lowest BCUT2D eigenvalue weighted by Crippen LogP contribution is -2.44.